The lowest BCUT2D eigenvalue weighted by Crippen LogP contribution is -2.25. The van der Waals surface area contributed by atoms with Crippen LogP contribution in [0.15, 0.2) is 23.5 Å². The number of hydrogen-bond acceptors (Lipinski definition) is 7. The average Bonchev–Trinajstić information content (AvgIpc) is 3.37. The fraction of sp³-hybridized carbons (Fsp3) is 0.500. The molecule has 0 bridgehead atoms. The maximum Gasteiger partial charge on any atom is 0.240 e. The van der Waals surface area contributed by atoms with Crippen LogP contribution in [0.3, 0.4) is 0 Å². The van der Waals surface area contributed by atoms with Gasteiger partial charge in [-0.1, -0.05) is 6.07 Å². The molecule has 1 amide bonds. The second-order valence-corrected chi connectivity index (χ2v) is 10.4. The zero-order valence-corrected chi connectivity index (χ0v) is 18.9. The number of carbonyl (C=O) groups is 1. The maximum atomic E-state index is 12.7. The van der Waals surface area contributed by atoms with Crippen molar-refractivity contribution in [3.05, 3.63) is 40.7 Å². The van der Waals surface area contributed by atoms with Crippen LogP contribution in [0, 0.1) is 0 Å². The molecule has 2 aromatic rings. The Balaban J connectivity index is 1.44. The first-order valence-electron chi connectivity index (χ1n) is 10.7. The van der Waals surface area contributed by atoms with Gasteiger partial charge < -0.3 is 15.5 Å². The fourth-order valence-electron chi connectivity index (χ4n) is 4.36. The minimum Gasteiger partial charge on any atom is -0.368 e. The Labute approximate surface area is 183 Å². The Hall–Kier alpha value is -2.52. The summed E-state index contributed by atoms with van der Waals surface area (Å²) in [6.45, 7) is 1.48. The van der Waals surface area contributed by atoms with E-state index < -0.39 is 21.5 Å². The number of benzene rings is 1. The van der Waals surface area contributed by atoms with Crippen molar-refractivity contribution in [1.29, 1.82) is 0 Å². The van der Waals surface area contributed by atoms with Crippen LogP contribution < -0.4 is 10.6 Å². The molecule has 31 heavy (non-hydrogen) atoms. The van der Waals surface area contributed by atoms with Gasteiger partial charge in [-0.3, -0.25) is 4.79 Å². The molecule has 8 nitrogen and oxygen atoms in total. The number of rotatable bonds is 8. The van der Waals surface area contributed by atoms with Crippen LogP contribution in [0.1, 0.15) is 35.1 Å². The molecule has 1 aromatic carbocycles. The third-order valence-electron chi connectivity index (χ3n) is 5.87. The first-order valence-corrected chi connectivity index (χ1v) is 12.4. The van der Waals surface area contributed by atoms with Gasteiger partial charge in [0.2, 0.25) is 15.7 Å². The predicted molar refractivity (Wildman–Crippen MR) is 120 cm³/mol. The SMILES string of the molecule is CN(C)CCNc1cnc(S(=O)(=O)CC(=O)Nc2c3c(cc4c2CCC4)CCC3)cn1. The van der Waals surface area contributed by atoms with Crippen LogP contribution in [0.4, 0.5) is 11.5 Å². The summed E-state index contributed by atoms with van der Waals surface area (Å²) < 4.78 is 25.4. The van der Waals surface area contributed by atoms with Crippen LogP contribution >= 0.6 is 0 Å². The summed E-state index contributed by atoms with van der Waals surface area (Å²) in [7, 11) is 0.0485. The highest BCUT2D eigenvalue weighted by Gasteiger charge is 2.27. The Morgan fingerprint density at radius 3 is 2.29 bits per heavy atom. The summed E-state index contributed by atoms with van der Waals surface area (Å²) >= 11 is 0. The van der Waals surface area contributed by atoms with Crippen molar-refractivity contribution >= 4 is 27.2 Å². The number of hydrogen-bond donors (Lipinski definition) is 2. The van der Waals surface area contributed by atoms with Crippen molar-refractivity contribution in [3.8, 4) is 0 Å². The molecule has 0 atom stereocenters. The molecule has 2 N–H and O–H groups in total. The van der Waals surface area contributed by atoms with Gasteiger partial charge in [0.25, 0.3) is 0 Å². The molecule has 1 heterocycles. The molecule has 9 heteroatoms. The number of fused-ring (bicyclic) bond motifs is 2. The van der Waals surface area contributed by atoms with Gasteiger partial charge in [0.05, 0.1) is 12.4 Å². The van der Waals surface area contributed by atoms with Crippen LogP contribution in [0.5, 0.6) is 0 Å². The summed E-state index contributed by atoms with van der Waals surface area (Å²) in [5.41, 5.74) is 5.80. The van der Waals surface area contributed by atoms with E-state index in [0.29, 0.717) is 12.4 Å². The third kappa shape index (κ3) is 4.88. The number of nitrogens with one attached hydrogen (secondary N) is 2. The van der Waals surface area contributed by atoms with E-state index in [9.17, 15) is 13.2 Å². The molecule has 0 unspecified atom stereocenters. The van der Waals surface area contributed by atoms with E-state index >= 15 is 0 Å². The van der Waals surface area contributed by atoms with E-state index in [0.717, 1.165) is 50.8 Å². The van der Waals surface area contributed by atoms with Gasteiger partial charge in [0, 0.05) is 18.8 Å². The van der Waals surface area contributed by atoms with Crippen LogP contribution in [-0.4, -0.2) is 62.1 Å². The van der Waals surface area contributed by atoms with Crippen molar-refractivity contribution in [2.45, 2.75) is 43.6 Å². The van der Waals surface area contributed by atoms with E-state index in [1.54, 1.807) is 0 Å². The molecule has 4 rings (SSSR count). The minimum atomic E-state index is -3.88. The Morgan fingerprint density at radius 1 is 1.03 bits per heavy atom. The summed E-state index contributed by atoms with van der Waals surface area (Å²) in [6, 6.07) is 2.28. The van der Waals surface area contributed by atoms with Crippen molar-refractivity contribution in [2.75, 3.05) is 43.6 Å². The quantitative estimate of drug-likeness (QED) is 0.641. The highest BCUT2D eigenvalue weighted by molar-refractivity contribution is 7.92. The first kappa shape index (κ1) is 21.7. The summed E-state index contributed by atoms with van der Waals surface area (Å²) in [4.78, 5) is 22.9. The van der Waals surface area contributed by atoms with Gasteiger partial charge >= 0.3 is 0 Å². The number of sulfone groups is 1. The molecule has 2 aliphatic rings. The molecule has 0 spiro atoms. The minimum absolute atomic E-state index is 0.190. The lowest BCUT2D eigenvalue weighted by atomic mass is 9.98. The summed E-state index contributed by atoms with van der Waals surface area (Å²) in [5.74, 6) is -0.668. The molecular formula is C22H29N5O3S. The number of nitrogens with zero attached hydrogens (tertiary/aromatic N) is 3. The monoisotopic (exact) mass is 443 g/mol. The lowest BCUT2D eigenvalue weighted by molar-refractivity contribution is -0.113. The van der Waals surface area contributed by atoms with Gasteiger partial charge in [-0.2, -0.15) is 0 Å². The maximum absolute atomic E-state index is 12.7. The largest absolute Gasteiger partial charge is 0.368 e. The molecule has 0 radical (unpaired) electrons. The van der Waals surface area contributed by atoms with Crippen molar-refractivity contribution < 1.29 is 13.2 Å². The molecule has 2 aliphatic carbocycles. The van der Waals surface area contributed by atoms with E-state index in [4.69, 9.17) is 0 Å². The molecule has 0 saturated heterocycles. The van der Waals surface area contributed by atoms with Crippen molar-refractivity contribution in [1.82, 2.24) is 14.9 Å². The molecule has 166 valence electrons. The Bertz CT molecular complexity index is 1050. The topological polar surface area (TPSA) is 104 Å². The van der Waals surface area contributed by atoms with Crippen LogP contribution in [-0.2, 0) is 40.3 Å². The standard InChI is InChI=1S/C22H29N5O3S/c1-27(2)10-9-23-19-12-25-21(13-24-19)31(29,30)14-20(28)26-22-17-7-3-5-15(17)11-16-6-4-8-18(16)22/h11-13H,3-10,14H2,1-2H3,(H,23,24)(H,26,28). The Kier molecular flexibility index (Phi) is 6.24. The normalized spacial score (nSPS) is 15.1. The second-order valence-electron chi connectivity index (χ2n) is 8.51. The lowest BCUT2D eigenvalue weighted by Gasteiger charge is -2.16. The predicted octanol–water partition coefficient (Wildman–Crippen LogP) is 1.84. The number of aromatic nitrogens is 2. The van der Waals surface area contributed by atoms with Gasteiger partial charge in [-0.05, 0) is 74.9 Å². The third-order valence-corrected chi connectivity index (χ3v) is 7.36. The fourth-order valence-corrected chi connectivity index (χ4v) is 5.36. The van der Waals surface area contributed by atoms with E-state index in [1.807, 2.05) is 19.0 Å². The van der Waals surface area contributed by atoms with Gasteiger partial charge in [0.15, 0.2) is 5.03 Å². The summed E-state index contributed by atoms with van der Waals surface area (Å²) in [6.07, 6.45) is 8.64. The van der Waals surface area contributed by atoms with Gasteiger partial charge in [0.1, 0.15) is 11.6 Å². The molecule has 0 aliphatic heterocycles. The van der Waals surface area contributed by atoms with E-state index in [2.05, 4.69) is 26.7 Å². The number of anilines is 2. The molecule has 0 saturated carbocycles. The van der Waals surface area contributed by atoms with Crippen molar-refractivity contribution in [3.63, 3.8) is 0 Å². The van der Waals surface area contributed by atoms with E-state index in [-0.39, 0.29) is 5.03 Å². The van der Waals surface area contributed by atoms with Crippen LogP contribution in [0.25, 0.3) is 0 Å². The number of likely N-dealkylation sites (N-methyl/N-ethyl adjacent to an activating group) is 1. The molecular weight excluding hydrogens is 414 g/mol. The average molecular weight is 444 g/mol. The van der Waals surface area contributed by atoms with Crippen molar-refractivity contribution in [2.24, 2.45) is 0 Å². The smallest absolute Gasteiger partial charge is 0.240 e. The number of carbonyl (C=O) groups excluding carboxylic acids is 1. The molecule has 1 aromatic heterocycles. The zero-order valence-electron chi connectivity index (χ0n) is 18.1. The second kappa shape index (κ2) is 8.92. The van der Waals surface area contributed by atoms with Crippen LogP contribution in [0.2, 0.25) is 0 Å². The van der Waals surface area contributed by atoms with Gasteiger partial charge in [-0.15, -0.1) is 0 Å². The number of amides is 1. The highest BCUT2D eigenvalue weighted by Crippen LogP contribution is 2.38. The zero-order chi connectivity index (χ0) is 22.0. The molecule has 0 fully saturated rings. The first-order chi connectivity index (χ1) is 14.8. The Morgan fingerprint density at radius 2 is 1.71 bits per heavy atom. The van der Waals surface area contributed by atoms with Gasteiger partial charge in [-0.25, -0.2) is 18.4 Å². The highest BCUT2D eigenvalue weighted by atomic mass is 32.2. The number of aryl methyl sites for hydroxylation is 2. The summed E-state index contributed by atoms with van der Waals surface area (Å²) in [5, 5.41) is 5.83. The van der Waals surface area contributed by atoms with E-state index in [1.165, 1.54) is 34.6 Å².